The molecule has 1 saturated heterocycles. The van der Waals surface area contributed by atoms with E-state index in [2.05, 4.69) is 32.2 Å². The van der Waals surface area contributed by atoms with Crippen LogP contribution in [0.4, 0.5) is 11.6 Å². The fraction of sp³-hybridized carbons (Fsp3) is 0.471. The minimum Gasteiger partial charge on any atom is -0.325 e. The summed E-state index contributed by atoms with van der Waals surface area (Å²) in [5, 5.41) is 3.26. The molecule has 0 aromatic carbocycles. The molecular weight excluding hydrogens is 274 g/mol. The molecule has 116 valence electrons. The fourth-order valence-electron chi connectivity index (χ4n) is 3.06. The first kappa shape index (κ1) is 14.9. The smallest absolute Gasteiger partial charge is 0.135 e. The van der Waals surface area contributed by atoms with Crippen LogP contribution < -0.4 is 5.32 Å². The standard InChI is InChI=1S/C17H23N5/c1-13-5-3-7-16(20-13)21-17-10-15(18-12-19-17)9-14-6-4-8-22(2)11-14/h3,5,7,10,12,14H,4,6,8-9,11H2,1-2H3,(H,18,19,20,21). The largest absolute Gasteiger partial charge is 0.325 e. The first-order valence-electron chi connectivity index (χ1n) is 7.89. The van der Waals surface area contributed by atoms with E-state index in [1.807, 2.05) is 31.2 Å². The van der Waals surface area contributed by atoms with Crippen LogP contribution in [0.3, 0.4) is 0 Å². The molecular formula is C17H23N5. The van der Waals surface area contributed by atoms with Crippen LogP contribution >= 0.6 is 0 Å². The highest BCUT2D eigenvalue weighted by Gasteiger charge is 2.18. The van der Waals surface area contributed by atoms with E-state index in [0.717, 1.165) is 36.0 Å². The summed E-state index contributed by atoms with van der Waals surface area (Å²) >= 11 is 0. The van der Waals surface area contributed by atoms with Crippen LogP contribution in [-0.4, -0.2) is 40.0 Å². The number of aryl methyl sites for hydroxylation is 1. The summed E-state index contributed by atoms with van der Waals surface area (Å²) in [6.45, 7) is 4.36. The van der Waals surface area contributed by atoms with Gasteiger partial charge in [-0.3, -0.25) is 0 Å². The molecule has 5 heteroatoms. The third-order valence-corrected chi connectivity index (χ3v) is 4.09. The minimum absolute atomic E-state index is 0.693. The highest BCUT2D eigenvalue weighted by Crippen LogP contribution is 2.20. The number of aromatic nitrogens is 3. The van der Waals surface area contributed by atoms with Gasteiger partial charge in [-0.25, -0.2) is 15.0 Å². The lowest BCUT2D eigenvalue weighted by Gasteiger charge is -2.29. The second-order valence-electron chi connectivity index (χ2n) is 6.16. The first-order valence-corrected chi connectivity index (χ1v) is 7.89. The number of hydrogen-bond acceptors (Lipinski definition) is 5. The number of anilines is 2. The molecule has 0 amide bonds. The maximum Gasteiger partial charge on any atom is 0.135 e. The van der Waals surface area contributed by atoms with Crippen molar-refractivity contribution in [2.24, 2.45) is 5.92 Å². The third kappa shape index (κ3) is 4.01. The van der Waals surface area contributed by atoms with Gasteiger partial charge in [-0.05, 0) is 57.8 Å². The third-order valence-electron chi connectivity index (χ3n) is 4.09. The normalized spacial score (nSPS) is 19.1. The van der Waals surface area contributed by atoms with E-state index in [4.69, 9.17) is 0 Å². The van der Waals surface area contributed by atoms with Gasteiger partial charge in [0.25, 0.3) is 0 Å². The molecule has 22 heavy (non-hydrogen) atoms. The Morgan fingerprint density at radius 1 is 1.27 bits per heavy atom. The zero-order valence-electron chi connectivity index (χ0n) is 13.3. The SMILES string of the molecule is Cc1cccc(Nc2cc(CC3CCCN(C)C3)ncn2)n1. The van der Waals surface area contributed by atoms with Crippen LogP contribution in [0.1, 0.15) is 24.2 Å². The molecule has 0 aliphatic carbocycles. The molecule has 0 bridgehead atoms. The number of rotatable bonds is 4. The van der Waals surface area contributed by atoms with Crippen molar-refractivity contribution in [2.75, 3.05) is 25.5 Å². The average Bonchev–Trinajstić information content (AvgIpc) is 2.47. The van der Waals surface area contributed by atoms with Crippen LogP contribution in [0.15, 0.2) is 30.6 Å². The van der Waals surface area contributed by atoms with Crippen LogP contribution in [0.25, 0.3) is 0 Å². The van der Waals surface area contributed by atoms with E-state index in [0.29, 0.717) is 5.92 Å². The lowest BCUT2D eigenvalue weighted by molar-refractivity contribution is 0.208. The highest BCUT2D eigenvalue weighted by molar-refractivity contribution is 5.51. The van der Waals surface area contributed by atoms with Gasteiger partial charge >= 0.3 is 0 Å². The van der Waals surface area contributed by atoms with Gasteiger partial charge in [0.15, 0.2) is 0 Å². The number of likely N-dealkylation sites (tertiary alicyclic amines) is 1. The summed E-state index contributed by atoms with van der Waals surface area (Å²) in [5.74, 6) is 2.33. The van der Waals surface area contributed by atoms with Gasteiger partial charge in [-0.2, -0.15) is 0 Å². The Morgan fingerprint density at radius 3 is 3.00 bits per heavy atom. The van der Waals surface area contributed by atoms with Crippen LogP contribution in [-0.2, 0) is 6.42 Å². The molecule has 5 nitrogen and oxygen atoms in total. The molecule has 1 aliphatic heterocycles. The summed E-state index contributed by atoms with van der Waals surface area (Å²) < 4.78 is 0. The summed E-state index contributed by atoms with van der Waals surface area (Å²) in [4.78, 5) is 15.6. The highest BCUT2D eigenvalue weighted by atomic mass is 15.1. The second kappa shape index (κ2) is 6.83. The Labute approximate surface area is 131 Å². The van der Waals surface area contributed by atoms with E-state index in [9.17, 15) is 0 Å². The molecule has 2 aromatic heterocycles. The number of hydrogen-bond donors (Lipinski definition) is 1. The maximum atomic E-state index is 4.45. The first-order chi connectivity index (χ1) is 10.7. The van der Waals surface area contributed by atoms with Crippen LogP contribution in [0.2, 0.25) is 0 Å². The minimum atomic E-state index is 0.693. The van der Waals surface area contributed by atoms with Crippen molar-refractivity contribution in [3.63, 3.8) is 0 Å². The summed E-state index contributed by atoms with van der Waals surface area (Å²) in [6.07, 6.45) is 5.23. The molecule has 1 fully saturated rings. The van der Waals surface area contributed by atoms with Crippen molar-refractivity contribution >= 4 is 11.6 Å². The Kier molecular flexibility index (Phi) is 4.63. The topological polar surface area (TPSA) is 53.9 Å². The zero-order chi connectivity index (χ0) is 15.4. The van der Waals surface area contributed by atoms with E-state index >= 15 is 0 Å². The van der Waals surface area contributed by atoms with Crippen molar-refractivity contribution in [1.82, 2.24) is 19.9 Å². The molecule has 0 spiro atoms. The molecule has 1 N–H and O–H groups in total. The Bertz CT molecular complexity index is 628. The Morgan fingerprint density at radius 2 is 2.18 bits per heavy atom. The van der Waals surface area contributed by atoms with Gasteiger partial charge in [0.1, 0.15) is 18.0 Å². The fourth-order valence-corrected chi connectivity index (χ4v) is 3.06. The summed E-state index contributed by atoms with van der Waals surface area (Å²) in [7, 11) is 2.20. The average molecular weight is 297 g/mol. The van der Waals surface area contributed by atoms with Gasteiger partial charge in [0.05, 0.1) is 0 Å². The molecule has 2 aromatic rings. The van der Waals surface area contributed by atoms with Gasteiger partial charge in [0.2, 0.25) is 0 Å². The monoisotopic (exact) mass is 297 g/mol. The summed E-state index contributed by atoms with van der Waals surface area (Å²) in [6, 6.07) is 7.96. The molecule has 1 aliphatic rings. The predicted octanol–water partition coefficient (Wildman–Crippen LogP) is 2.81. The molecule has 1 unspecified atom stereocenters. The van der Waals surface area contributed by atoms with Crippen molar-refractivity contribution in [3.8, 4) is 0 Å². The van der Waals surface area contributed by atoms with Crippen LogP contribution in [0, 0.1) is 12.8 Å². The van der Waals surface area contributed by atoms with E-state index in [-0.39, 0.29) is 0 Å². The zero-order valence-corrected chi connectivity index (χ0v) is 13.3. The number of nitrogens with one attached hydrogen (secondary N) is 1. The number of nitrogens with zero attached hydrogens (tertiary/aromatic N) is 4. The predicted molar refractivity (Wildman–Crippen MR) is 88.2 cm³/mol. The van der Waals surface area contributed by atoms with Crippen molar-refractivity contribution in [2.45, 2.75) is 26.2 Å². The Balaban J connectivity index is 1.67. The summed E-state index contributed by atoms with van der Waals surface area (Å²) in [5.41, 5.74) is 2.09. The molecule has 3 heterocycles. The number of pyridine rings is 1. The maximum absolute atomic E-state index is 4.45. The lowest BCUT2D eigenvalue weighted by atomic mass is 9.93. The van der Waals surface area contributed by atoms with Gasteiger partial charge in [-0.1, -0.05) is 6.07 Å². The van der Waals surface area contributed by atoms with E-state index in [1.54, 1.807) is 6.33 Å². The van der Waals surface area contributed by atoms with E-state index < -0.39 is 0 Å². The quantitative estimate of drug-likeness (QED) is 0.940. The molecule has 1 atom stereocenters. The number of piperidine rings is 1. The van der Waals surface area contributed by atoms with Gasteiger partial charge < -0.3 is 10.2 Å². The van der Waals surface area contributed by atoms with Crippen molar-refractivity contribution < 1.29 is 0 Å². The van der Waals surface area contributed by atoms with Crippen molar-refractivity contribution in [3.05, 3.63) is 42.0 Å². The van der Waals surface area contributed by atoms with Gasteiger partial charge in [-0.15, -0.1) is 0 Å². The molecule has 0 radical (unpaired) electrons. The van der Waals surface area contributed by atoms with E-state index in [1.165, 1.54) is 19.4 Å². The molecule has 0 saturated carbocycles. The molecule has 3 rings (SSSR count). The van der Waals surface area contributed by atoms with Crippen LogP contribution in [0.5, 0.6) is 0 Å². The lowest BCUT2D eigenvalue weighted by Crippen LogP contribution is -2.33. The van der Waals surface area contributed by atoms with Gasteiger partial charge in [0, 0.05) is 24.0 Å². The second-order valence-corrected chi connectivity index (χ2v) is 6.16. The Hall–Kier alpha value is -2.01. The van der Waals surface area contributed by atoms with Crippen molar-refractivity contribution in [1.29, 1.82) is 0 Å².